The molecule has 3 fully saturated rings. The number of nitrogens with one attached hydrogen (secondary N) is 1. The highest BCUT2D eigenvalue weighted by atomic mass is 79.9. The predicted octanol–water partition coefficient (Wildman–Crippen LogP) is 4.40. The molecule has 5 unspecified atom stereocenters. The van der Waals surface area contributed by atoms with E-state index in [1.165, 1.54) is 19.3 Å². The van der Waals surface area contributed by atoms with Crippen LogP contribution < -0.4 is 5.32 Å². The lowest BCUT2D eigenvalue weighted by Crippen LogP contribution is -2.35. The second kappa shape index (κ2) is 5.34. The number of fused-ring (bicyclic) bond motifs is 5. The van der Waals surface area contributed by atoms with Crippen molar-refractivity contribution in [3.05, 3.63) is 34.1 Å². The average molecular weight is 352 g/mol. The lowest BCUT2D eigenvalue weighted by molar-refractivity contribution is 0.363. The summed E-state index contributed by atoms with van der Waals surface area (Å²) in [5.41, 5.74) is 0.862. The van der Waals surface area contributed by atoms with Crippen molar-refractivity contribution in [2.75, 3.05) is 6.54 Å². The van der Waals surface area contributed by atoms with E-state index >= 15 is 0 Å². The SMILES string of the molecule is CCNC(Cc1ccc(Br)cc1F)C1C2C3CCC(C3)C21. The van der Waals surface area contributed by atoms with Gasteiger partial charge in [0, 0.05) is 10.5 Å². The van der Waals surface area contributed by atoms with Crippen molar-refractivity contribution in [1.29, 1.82) is 0 Å². The molecular formula is C18H23BrFN. The molecule has 21 heavy (non-hydrogen) atoms. The van der Waals surface area contributed by atoms with Gasteiger partial charge >= 0.3 is 0 Å². The first-order chi connectivity index (χ1) is 10.2. The Bertz CT molecular complexity index is 530. The van der Waals surface area contributed by atoms with Gasteiger partial charge in [-0.2, -0.15) is 0 Å². The molecule has 3 aliphatic rings. The van der Waals surface area contributed by atoms with Gasteiger partial charge in [-0.05, 0) is 79.5 Å². The van der Waals surface area contributed by atoms with Gasteiger partial charge in [0.05, 0.1) is 0 Å². The summed E-state index contributed by atoms with van der Waals surface area (Å²) in [6.45, 7) is 3.14. The second-order valence-corrected chi connectivity index (χ2v) is 8.08. The average Bonchev–Trinajstić information content (AvgIpc) is 2.88. The molecule has 1 aromatic rings. The fourth-order valence-corrected chi connectivity index (χ4v) is 5.79. The Morgan fingerprint density at radius 2 is 2.00 bits per heavy atom. The van der Waals surface area contributed by atoms with Crippen molar-refractivity contribution in [3.8, 4) is 0 Å². The Balaban J connectivity index is 1.51. The highest BCUT2D eigenvalue weighted by Crippen LogP contribution is 2.70. The molecule has 3 aliphatic carbocycles. The molecule has 0 radical (unpaired) electrons. The van der Waals surface area contributed by atoms with Crippen LogP contribution in [0.25, 0.3) is 0 Å². The topological polar surface area (TPSA) is 12.0 Å². The minimum absolute atomic E-state index is 0.0685. The monoisotopic (exact) mass is 351 g/mol. The maximum absolute atomic E-state index is 14.1. The standard InChI is InChI=1S/C18H23BrFN/c1-2-21-15(8-10-5-6-13(19)9-14(10)20)18-16-11-3-4-12(7-11)17(16)18/h5-6,9,11-12,15-18,21H,2-4,7-8H2,1H3. The largest absolute Gasteiger partial charge is 0.314 e. The summed E-state index contributed by atoms with van der Waals surface area (Å²) in [6, 6.07) is 5.95. The zero-order valence-corrected chi connectivity index (χ0v) is 14.1. The van der Waals surface area contributed by atoms with Crippen molar-refractivity contribution in [3.63, 3.8) is 0 Å². The van der Waals surface area contributed by atoms with E-state index in [9.17, 15) is 4.39 Å². The zero-order chi connectivity index (χ0) is 14.6. The summed E-state index contributed by atoms with van der Waals surface area (Å²) in [5, 5.41) is 3.65. The number of benzene rings is 1. The third-order valence-corrected chi connectivity index (χ3v) is 6.67. The Hall–Kier alpha value is -0.410. The highest BCUT2D eigenvalue weighted by Gasteiger charge is 2.66. The van der Waals surface area contributed by atoms with Gasteiger partial charge in [-0.1, -0.05) is 28.9 Å². The van der Waals surface area contributed by atoms with E-state index in [1.807, 2.05) is 12.1 Å². The van der Waals surface area contributed by atoms with Crippen LogP contribution in [0.2, 0.25) is 0 Å². The van der Waals surface area contributed by atoms with Crippen LogP contribution in [0, 0.1) is 35.4 Å². The van der Waals surface area contributed by atoms with E-state index in [0.717, 1.165) is 52.6 Å². The number of hydrogen-bond donors (Lipinski definition) is 1. The van der Waals surface area contributed by atoms with Crippen LogP contribution in [0.15, 0.2) is 22.7 Å². The van der Waals surface area contributed by atoms with E-state index in [4.69, 9.17) is 0 Å². The Kier molecular flexibility index (Phi) is 3.61. The molecule has 0 amide bonds. The Morgan fingerprint density at radius 1 is 1.29 bits per heavy atom. The first-order valence-corrected chi connectivity index (χ1v) is 9.15. The van der Waals surface area contributed by atoms with Crippen LogP contribution in [0.4, 0.5) is 4.39 Å². The van der Waals surface area contributed by atoms with Gasteiger partial charge in [-0.15, -0.1) is 0 Å². The lowest BCUT2D eigenvalue weighted by Gasteiger charge is -2.22. The smallest absolute Gasteiger partial charge is 0.127 e. The summed E-state index contributed by atoms with van der Waals surface area (Å²) in [4.78, 5) is 0. The van der Waals surface area contributed by atoms with Crippen molar-refractivity contribution >= 4 is 15.9 Å². The number of likely N-dealkylation sites (N-methyl/N-ethyl adjacent to an activating group) is 1. The van der Waals surface area contributed by atoms with Crippen molar-refractivity contribution < 1.29 is 4.39 Å². The van der Waals surface area contributed by atoms with Gasteiger partial charge in [0.1, 0.15) is 5.82 Å². The molecule has 2 bridgehead atoms. The summed E-state index contributed by atoms with van der Waals surface area (Å²) in [7, 11) is 0. The first kappa shape index (κ1) is 14.2. The third-order valence-electron chi connectivity index (χ3n) is 6.18. The number of halogens is 2. The van der Waals surface area contributed by atoms with Crippen molar-refractivity contribution in [2.45, 2.75) is 38.6 Å². The van der Waals surface area contributed by atoms with E-state index in [2.05, 4.69) is 28.2 Å². The van der Waals surface area contributed by atoms with E-state index < -0.39 is 0 Å². The van der Waals surface area contributed by atoms with Crippen LogP contribution in [0.3, 0.4) is 0 Å². The fourth-order valence-electron chi connectivity index (χ4n) is 5.46. The van der Waals surface area contributed by atoms with Crippen LogP contribution in [-0.2, 0) is 6.42 Å². The highest BCUT2D eigenvalue weighted by molar-refractivity contribution is 9.10. The molecule has 0 aromatic heterocycles. The predicted molar refractivity (Wildman–Crippen MR) is 86.6 cm³/mol. The van der Waals surface area contributed by atoms with E-state index in [0.29, 0.717) is 6.04 Å². The maximum atomic E-state index is 14.1. The Labute approximate surface area is 134 Å². The van der Waals surface area contributed by atoms with Gasteiger partial charge in [0.15, 0.2) is 0 Å². The van der Waals surface area contributed by atoms with Crippen molar-refractivity contribution in [2.24, 2.45) is 29.6 Å². The van der Waals surface area contributed by atoms with Gasteiger partial charge in [0.25, 0.3) is 0 Å². The Morgan fingerprint density at radius 3 is 2.62 bits per heavy atom. The summed E-state index contributed by atoms with van der Waals surface area (Å²) in [5.74, 6) is 4.61. The van der Waals surface area contributed by atoms with Gasteiger partial charge < -0.3 is 5.32 Å². The minimum Gasteiger partial charge on any atom is -0.314 e. The van der Waals surface area contributed by atoms with Crippen LogP contribution in [-0.4, -0.2) is 12.6 Å². The molecule has 0 spiro atoms. The number of rotatable bonds is 5. The molecule has 0 saturated heterocycles. The lowest BCUT2D eigenvalue weighted by atomic mass is 9.93. The molecule has 0 heterocycles. The molecule has 3 heteroatoms. The molecule has 1 N–H and O–H groups in total. The van der Waals surface area contributed by atoms with Crippen LogP contribution >= 0.6 is 15.9 Å². The molecule has 0 aliphatic heterocycles. The number of hydrogen-bond acceptors (Lipinski definition) is 1. The molecular weight excluding hydrogens is 329 g/mol. The van der Waals surface area contributed by atoms with Gasteiger partial charge in [0.2, 0.25) is 0 Å². The first-order valence-electron chi connectivity index (χ1n) is 8.36. The molecule has 5 atom stereocenters. The fraction of sp³-hybridized carbons (Fsp3) is 0.667. The summed E-state index contributed by atoms with van der Waals surface area (Å²) in [6.07, 6.45) is 5.23. The summed E-state index contributed by atoms with van der Waals surface area (Å²) < 4.78 is 15.0. The third kappa shape index (κ3) is 2.37. The minimum atomic E-state index is -0.0685. The van der Waals surface area contributed by atoms with Gasteiger partial charge in [-0.25, -0.2) is 4.39 Å². The zero-order valence-electron chi connectivity index (χ0n) is 12.5. The second-order valence-electron chi connectivity index (χ2n) is 7.17. The maximum Gasteiger partial charge on any atom is 0.127 e. The molecule has 4 rings (SSSR count). The molecule has 114 valence electrons. The summed E-state index contributed by atoms with van der Waals surface area (Å²) >= 11 is 3.34. The van der Waals surface area contributed by atoms with E-state index in [-0.39, 0.29) is 5.82 Å². The molecule has 3 saturated carbocycles. The van der Waals surface area contributed by atoms with Crippen molar-refractivity contribution in [1.82, 2.24) is 5.32 Å². The normalized spacial score (nSPS) is 37.6. The quantitative estimate of drug-likeness (QED) is 0.828. The van der Waals surface area contributed by atoms with Crippen LogP contribution in [0.5, 0.6) is 0 Å². The van der Waals surface area contributed by atoms with Crippen LogP contribution in [0.1, 0.15) is 31.7 Å². The van der Waals surface area contributed by atoms with Gasteiger partial charge in [-0.3, -0.25) is 0 Å². The molecule has 1 nitrogen and oxygen atoms in total. The van der Waals surface area contributed by atoms with E-state index in [1.54, 1.807) is 6.07 Å². The molecule has 1 aromatic carbocycles.